The van der Waals surface area contributed by atoms with Gasteiger partial charge in [0.15, 0.2) is 24.8 Å². The van der Waals surface area contributed by atoms with Gasteiger partial charge in [-0.25, -0.2) is 0 Å². The Morgan fingerprint density at radius 3 is 1.26 bits per heavy atom. The predicted octanol–water partition coefficient (Wildman–Crippen LogP) is 3.92. The van der Waals surface area contributed by atoms with E-state index in [-0.39, 0.29) is 33.0 Å². The van der Waals surface area contributed by atoms with Crippen LogP contribution in [0.5, 0.6) is 0 Å². The lowest BCUT2D eigenvalue weighted by atomic mass is 9.90. The van der Waals surface area contributed by atoms with E-state index in [9.17, 15) is 28.8 Å². The third-order valence-corrected chi connectivity index (χ3v) is 11.2. The van der Waals surface area contributed by atoms with E-state index >= 15 is 0 Å². The molecule has 3 fully saturated rings. The zero-order valence-electron chi connectivity index (χ0n) is 38.7. The SMILES string of the molecule is CC(=O)OCC1O[C@@H](OCC2O[C@H](C)C(OCc3ccccc3)[C@@H](OCc3ccccc3)[C@@H]2O[C@@H]2OC(COC(C)=O)[C@@H](OC(C)=O)[C@H](OC(C)=O)C2C)C(C)[C@@H](OC(C)=O)[C@@H]1OC(C)=O. The molecule has 3 aliphatic heterocycles. The van der Waals surface area contributed by atoms with E-state index in [0.717, 1.165) is 11.1 Å². The molecule has 19 nitrogen and oxygen atoms in total. The first-order chi connectivity index (χ1) is 31.4. The molecular formula is C47H62O19. The zero-order chi connectivity index (χ0) is 48.1. The molecule has 0 aromatic heterocycles. The van der Waals surface area contributed by atoms with E-state index in [4.69, 9.17) is 61.6 Å². The van der Waals surface area contributed by atoms with Crippen molar-refractivity contribution in [2.45, 2.75) is 155 Å². The molecule has 2 aromatic carbocycles. The number of rotatable bonds is 19. The Bertz CT molecular complexity index is 1910. The van der Waals surface area contributed by atoms with Crippen molar-refractivity contribution in [3.05, 3.63) is 71.8 Å². The van der Waals surface area contributed by atoms with Crippen LogP contribution >= 0.6 is 0 Å². The van der Waals surface area contributed by atoms with Crippen LogP contribution in [0.3, 0.4) is 0 Å². The van der Waals surface area contributed by atoms with Crippen LogP contribution in [0, 0.1) is 11.8 Å². The summed E-state index contributed by atoms with van der Waals surface area (Å²) in [7, 11) is 0. The van der Waals surface area contributed by atoms with Gasteiger partial charge in [0, 0.05) is 53.4 Å². The lowest BCUT2D eigenvalue weighted by molar-refractivity contribution is -0.346. The first-order valence-corrected chi connectivity index (χ1v) is 21.9. The van der Waals surface area contributed by atoms with E-state index in [2.05, 4.69) is 0 Å². The standard InChI is InChI=1S/C47H62O19/c1-25-39(60-30(6)50)42(62-32(8)52)37(22-54-28(4)48)64-46(25)58-24-36-44(66-47-26(2)40(61-31(7)51)43(63-33(9)53)38(65-47)23-55-29(5)49)45(57-21-35-18-14-11-15-19-35)41(27(3)59-36)56-20-34-16-12-10-13-17-34/h10-19,25-27,36-47H,20-24H2,1-9H3/t25?,26?,27-,36?,37?,38?,39-,40-,41?,42-,43-,44-,45-,46-,47+/m1/s1. The van der Waals surface area contributed by atoms with Gasteiger partial charge in [0.2, 0.25) is 0 Å². The van der Waals surface area contributed by atoms with E-state index in [1.807, 2.05) is 67.6 Å². The van der Waals surface area contributed by atoms with Crippen LogP contribution in [0.1, 0.15) is 73.4 Å². The fourth-order valence-corrected chi connectivity index (χ4v) is 8.19. The van der Waals surface area contributed by atoms with Gasteiger partial charge in [0.25, 0.3) is 0 Å². The van der Waals surface area contributed by atoms with E-state index < -0.39 is 127 Å². The van der Waals surface area contributed by atoms with Crippen molar-refractivity contribution in [1.29, 1.82) is 0 Å². The average Bonchev–Trinajstić information content (AvgIpc) is 3.25. The molecule has 0 bridgehead atoms. The third-order valence-electron chi connectivity index (χ3n) is 11.2. The normalized spacial score (nSPS) is 32.0. The van der Waals surface area contributed by atoms with E-state index in [1.165, 1.54) is 41.5 Å². The first-order valence-electron chi connectivity index (χ1n) is 21.9. The lowest BCUT2D eigenvalue weighted by Crippen LogP contribution is -2.64. The smallest absolute Gasteiger partial charge is 0.303 e. The van der Waals surface area contributed by atoms with Gasteiger partial charge in [0.1, 0.15) is 62.0 Å². The molecule has 0 N–H and O–H groups in total. The van der Waals surface area contributed by atoms with Crippen LogP contribution in [-0.4, -0.2) is 135 Å². The number of carbonyl (C=O) groups excluding carboxylic acids is 6. The quantitative estimate of drug-likeness (QED) is 0.144. The molecule has 0 saturated carbocycles. The van der Waals surface area contributed by atoms with Gasteiger partial charge in [-0.05, 0) is 18.1 Å². The molecule has 2 aromatic rings. The molecule has 0 amide bonds. The number of esters is 6. The van der Waals surface area contributed by atoms with Gasteiger partial charge in [-0.3, -0.25) is 28.8 Å². The van der Waals surface area contributed by atoms with E-state index in [0.29, 0.717) is 0 Å². The monoisotopic (exact) mass is 930 g/mol. The highest BCUT2D eigenvalue weighted by atomic mass is 16.7. The molecule has 3 saturated heterocycles. The molecule has 5 rings (SSSR count). The molecule has 0 aliphatic carbocycles. The molecule has 364 valence electrons. The Morgan fingerprint density at radius 1 is 0.424 bits per heavy atom. The highest BCUT2D eigenvalue weighted by molar-refractivity contribution is 5.68. The second kappa shape index (κ2) is 24.7. The van der Waals surface area contributed by atoms with Crippen molar-refractivity contribution in [3.63, 3.8) is 0 Å². The van der Waals surface area contributed by atoms with Crippen molar-refractivity contribution in [2.24, 2.45) is 11.8 Å². The fraction of sp³-hybridized carbons (Fsp3) is 0.617. The van der Waals surface area contributed by atoms with Gasteiger partial charge in [0.05, 0.1) is 25.9 Å². The van der Waals surface area contributed by atoms with Gasteiger partial charge < -0.3 is 61.6 Å². The number of ether oxygens (including phenoxy) is 13. The summed E-state index contributed by atoms with van der Waals surface area (Å²) >= 11 is 0. The predicted molar refractivity (Wildman–Crippen MR) is 226 cm³/mol. The Kier molecular flexibility index (Phi) is 19.4. The largest absolute Gasteiger partial charge is 0.463 e. The Hall–Kier alpha value is -5.02. The molecule has 19 heteroatoms. The summed E-state index contributed by atoms with van der Waals surface area (Å²) < 4.78 is 79.6. The molecule has 6 unspecified atom stereocenters. The molecule has 0 radical (unpaired) electrons. The van der Waals surface area contributed by atoms with Crippen LogP contribution in [0.25, 0.3) is 0 Å². The Labute approximate surface area is 384 Å². The highest BCUT2D eigenvalue weighted by Crippen LogP contribution is 2.38. The second-order valence-corrected chi connectivity index (χ2v) is 16.5. The molecular weight excluding hydrogens is 868 g/mol. The highest BCUT2D eigenvalue weighted by Gasteiger charge is 2.54. The molecule has 3 aliphatic rings. The maximum absolute atomic E-state index is 12.6. The first kappa shape index (κ1) is 52.0. The van der Waals surface area contributed by atoms with Crippen LogP contribution in [0.15, 0.2) is 60.7 Å². The van der Waals surface area contributed by atoms with Crippen LogP contribution in [0.4, 0.5) is 0 Å². The minimum atomic E-state index is -1.25. The number of benzene rings is 2. The molecule has 15 atom stereocenters. The van der Waals surface area contributed by atoms with E-state index in [1.54, 1.807) is 13.8 Å². The second-order valence-electron chi connectivity index (χ2n) is 16.5. The fourth-order valence-electron chi connectivity index (χ4n) is 8.19. The average molecular weight is 931 g/mol. The van der Waals surface area contributed by atoms with Gasteiger partial charge >= 0.3 is 35.8 Å². The minimum absolute atomic E-state index is 0.111. The van der Waals surface area contributed by atoms with Crippen molar-refractivity contribution >= 4 is 35.8 Å². The maximum Gasteiger partial charge on any atom is 0.303 e. The topological polar surface area (TPSA) is 222 Å². The Balaban J connectivity index is 1.54. The minimum Gasteiger partial charge on any atom is -0.463 e. The molecule has 66 heavy (non-hydrogen) atoms. The van der Waals surface area contributed by atoms with Gasteiger partial charge in [-0.15, -0.1) is 0 Å². The third kappa shape index (κ3) is 14.7. The molecule has 3 heterocycles. The van der Waals surface area contributed by atoms with Crippen molar-refractivity contribution in [3.8, 4) is 0 Å². The van der Waals surface area contributed by atoms with Crippen LogP contribution < -0.4 is 0 Å². The zero-order valence-corrected chi connectivity index (χ0v) is 38.7. The van der Waals surface area contributed by atoms with Crippen molar-refractivity contribution in [1.82, 2.24) is 0 Å². The summed E-state index contributed by atoms with van der Waals surface area (Å²) in [6, 6.07) is 19.0. The number of hydrogen-bond donors (Lipinski definition) is 0. The summed E-state index contributed by atoms with van der Waals surface area (Å²) in [6.45, 7) is 11.7. The van der Waals surface area contributed by atoms with Gasteiger partial charge in [-0.2, -0.15) is 0 Å². The number of hydrogen-bond acceptors (Lipinski definition) is 19. The lowest BCUT2D eigenvalue weighted by Gasteiger charge is -2.49. The summed E-state index contributed by atoms with van der Waals surface area (Å²) in [5.41, 5.74) is 1.73. The Morgan fingerprint density at radius 2 is 0.818 bits per heavy atom. The number of carbonyl (C=O) groups is 6. The van der Waals surface area contributed by atoms with Crippen molar-refractivity contribution < 1.29 is 90.3 Å². The summed E-state index contributed by atoms with van der Waals surface area (Å²) in [5.74, 6) is -5.55. The maximum atomic E-state index is 12.6. The summed E-state index contributed by atoms with van der Waals surface area (Å²) in [6.07, 6.45) is -13.7. The van der Waals surface area contributed by atoms with Crippen LogP contribution in [0.2, 0.25) is 0 Å². The van der Waals surface area contributed by atoms with Crippen molar-refractivity contribution in [2.75, 3.05) is 19.8 Å². The molecule has 0 spiro atoms. The van der Waals surface area contributed by atoms with Gasteiger partial charge in [-0.1, -0.05) is 74.5 Å². The summed E-state index contributed by atoms with van der Waals surface area (Å²) in [4.78, 5) is 73.6. The summed E-state index contributed by atoms with van der Waals surface area (Å²) in [5, 5.41) is 0. The van der Waals surface area contributed by atoms with Crippen LogP contribution in [-0.2, 0) is 104 Å².